The minimum Gasteiger partial charge on any atom is -0.365 e. The number of aromatic nitrogens is 3. The molecule has 0 radical (unpaired) electrons. The third-order valence-electron chi connectivity index (χ3n) is 3.69. The van der Waals surface area contributed by atoms with E-state index in [1.54, 1.807) is 0 Å². The van der Waals surface area contributed by atoms with Crippen LogP contribution in [0.2, 0.25) is 5.02 Å². The summed E-state index contributed by atoms with van der Waals surface area (Å²) >= 11 is 5.96. The van der Waals surface area contributed by atoms with Crippen LogP contribution in [-0.4, -0.2) is 15.1 Å². The maximum atomic E-state index is 5.96. The maximum Gasteiger partial charge on any atom is 0.263 e. The third-order valence-corrected chi connectivity index (χ3v) is 3.95. The Balaban J connectivity index is 1.73. The molecule has 4 rings (SSSR count). The molecule has 0 saturated heterocycles. The number of halogens is 1. The van der Waals surface area contributed by atoms with Crippen LogP contribution in [0.1, 0.15) is 5.56 Å². The van der Waals surface area contributed by atoms with Crippen molar-refractivity contribution in [2.45, 2.75) is 6.54 Å². The summed E-state index contributed by atoms with van der Waals surface area (Å²) in [5.74, 6) is 0.690. The highest BCUT2D eigenvalue weighted by molar-refractivity contribution is 6.30. The number of hydrogen-bond donors (Lipinski definition) is 1. The van der Waals surface area contributed by atoms with Gasteiger partial charge in [0, 0.05) is 17.1 Å². The van der Waals surface area contributed by atoms with E-state index < -0.39 is 0 Å². The van der Waals surface area contributed by atoms with Crippen molar-refractivity contribution in [3.8, 4) is 11.3 Å². The van der Waals surface area contributed by atoms with E-state index in [0.29, 0.717) is 28.8 Å². The van der Waals surface area contributed by atoms with Crippen molar-refractivity contribution >= 4 is 28.5 Å². The average Bonchev–Trinajstić information content (AvgIpc) is 3.06. The van der Waals surface area contributed by atoms with Gasteiger partial charge in [0.25, 0.3) is 5.71 Å². The first kappa shape index (κ1) is 14.7. The van der Waals surface area contributed by atoms with E-state index in [1.807, 2.05) is 42.5 Å². The number of benzene rings is 2. The van der Waals surface area contributed by atoms with Crippen LogP contribution in [0.5, 0.6) is 0 Å². The number of rotatable bonds is 4. The summed E-state index contributed by atoms with van der Waals surface area (Å²) in [6.45, 7) is 0.651. The molecule has 0 fully saturated rings. The highest BCUT2D eigenvalue weighted by Crippen LogP contribution is 2.31. The van der Waals surface area contributed by atoms with Gasteiger partial charge in [0.05, 0.1) is 0 Å². The zero-order valence-corrected chi connectivity index (χ0v) is 13.4. The number of hydrogen-bond acceptors (Lipinski definition) is 5. The molecular weight excluding hydrogens is 324 g/mol. The van der Waals surface area contributed by atoms with Crippen LogP contribution in [0, 0.1) is 0 Å². The van der Waals surface area contributed by atoms with Crippen molar-refractivity contribution in [2.75, 3.05) is 5.32 Å². The summed E-state index contributed by atoms with van der Waals surface area (Å²) in [5, 5.41) is 8.92. The van der Waals surface area contributed by atoms with Crippen LogP contribution < -0.4 is 5.32 Å². The Morgan fingerprint density at radius 2 is 1.75 bits per heavy atom. The molecule has 0 amide bonds. The van der Waals surface area contributed by atoms with Crippen molar-refractivity contribution in [3.63, 3.8) is 0 Å². The van der Waals surface area contributed by atoms with Crippen LogP contribution in [0.4, 0.5) is 5.82 Å². The lowest BCUT2D eigenvalue weighted by Gasteiger charge is -2.07. The van der Waals surface area contributed by atoms with E-state index in [4.69, 9.17) is 16.1 Å². The normalized spacial score (nSPS) is 10.9. The molecule has 118 valence electrons. The van der Waals surface area contributed by atoms with Gasteiger partial charge in [0.2, 0.25) is 0 Å². The molecule has 5 nitrogen and oxygen atoms in total. The molecule has 0 aliphatic heterocycles. The lowest BCUT2D eigenvalue weighted by molar-refractivity contribution is 0.451. The van der Waals surface area contributed by atoms with E-state index in [1.165, 1.54) is 6.33 Å². The van der Waals surface area contributed by atoms with Gasteiger partial charge in [-0.25, -0.2) is 4.98 Å². The van der Waals surface area contributed by atoms with E-state index in [2.05, 4.69) is 32.6 Å². The van der Waals surface area contributed by atoms with Gasteiger partial charge in [0.15, 0.2) is 0 Å². The molecule has 0 unspecified atom stereocenters. The molecule has 1 N–H and O–H groups in total. The summed E-state index contributed by atoms with van der Waals surface area (Å²) < 4.78 is 5.35. The number of anilines is 1. The Kier molecular flexibility index (Phi) is 3.84. The summed E-state index contributed by atoms with van der Waals surface area (Å²) in [6, 6.07) is 17.5. The molecule has 0 aliphatic carbocycles. The smallest absolute Gasteiger partial charge is 0.263 e. The molecule has 4 aromatic rings. The van der Waals surface area contributed by atoms with E-state index in [0.717, 1.165) is 16.5 Å². The number of nitrogens with one attached hydrogen (secondary N) is 1. The van der Waals surface area contributed by atoms with Gasteiger partial charge in [-0.3, -0.25) is 0 Å². The van der Waals surface area contributed by atoms with E-state index in [9.17, 15) is 0 Å². The summed E-state index contributed by atoms with van der Waals surface area (Å²) in [7, 11) is 0. The molecule has 0 saturated carbocycles. The third kappa shape index (κ3) is 2.81. The number of fused-ring (bicyclic) bond motifs is 1. The second-order valence-electron chi connectivity index (χ2n) is 5.28. The van der Waals surface area contributed by atoms with Crippen molar-refractivity contribution < 1.29 is 4.52 Å². The van der Waals surface area contributed by atoms with Crippen LogP contribution in [-0.2, 0) is 6.54 Å². The second kappa shape index (κ2) is 6.29. The molecule has 2 aromatic heterocycles. The molecule has 0 atom stereocenters. The fourth-order valence-electron chi connectivity index (χ4n) is 2.51. The lowest BCUT2D eigenvalue weighted by Crippen LogP contribution is -2.02. The predicted octanol–water partition coefficient (Wildman–Crippen LogP) is 4.55. The van der Waals surface area contributed by atoms with E-state index in [-0.39, 0.29) is 0 Å². The maximum absolute atomic E-state index is 5.96. The molecule has 2 aromatic carbocycles. The SMILES string of the molecule is Clc1ccc(-c2noc3ncnc(NCc4ccccc4)c23)cc1. The Morgan fingerprint density at radius 3 is 2.54 bits per heavy atom. The van der Waals surface area contributed by atoms with Gasteiger partial charge in [0.1, 0.15) is 23.2 Å². The predicted molar refractivity (Wildman–Crippen MR) is 93.8 cm³/mol. The second-order valence-corrected chi connectivity index (χ2v) is 5.72. The van der Waals surface area contributed by atoms with Gasteiger partial charge in [-0.15, -0.1) is 0 Å². The molecule has 2 heterocycles. The minimum atomic E-state index is 0.450. The highest BCUT2D eigenvalue weighted by Gasteiger charge is 2.16. The number of nitrogens with zero attached hydrogens (tertiary/aromatic N) is 3. The summed E-state index contributed by atoms with van der Waals surface area (Å²) in [5.41, 5.74) is 3.20. The fraction of sp³-hybridized carbons (Fsp3) is 0.0556. The van der Waals surface area contributed by atoms with Crippen molar-refractivity contribution in [1.29, 1.82) is 0 Å². The standard InChI is InChI=1S/C18H13ClN4O/c19-14-8-6-13(7-9-14)16-15-17(21-11-22-18(15)24-23-16)20-10-12-4-2-1-3-5-12/h1-9,11H,10H2,(H,20,21,22). The van der Waals surface area contributed by atoms with Crippen LogP contribution in [0.15, 0.2) is 65.4 Å². The molecule has 0 bridgehead atoms. The summed E-state index contributed by atoms with van der Waals surface area (Å²) in [6.07, 6.45) is 1.46. The Bertz CT molecular complexity index is 967. The highest BCUT2D eigenvalue weighted by atomic mass is 35.5. The van der Waals surface area contributed by atoms with Crippen molar-refractivity contribution in [1.82, 2.24) is 15.1 Å². The van der Waals surface area contributed by atoms with Crippen LogP contribution in [0.25, 0.3) is 22.4 Å². The monoisotopic (exact) mass is 336 g/mol. The van der Waals surface area contributed by atoms with E-state index >= 15 is 0 Å². The first-order chi connectivity index (χ1) is 11.8. The average molecular weight is 337 g/mol. The van der Waals surface area contributed by atoms with Gasteiger partial charge >= 0.3 is 0 Å². The first-order valence-electron chi connectivity index (χ1n) is 7.45. The quantitative estimate of drug-likeness (QED) is 0.592. The largest absolute Gasteiger partial charge is 0.365 e. The van der Waals surface area contributed by atoms with Crippen LogP contribution >= 0.6 is 11.6 Å². The molecular formula is C18H13ClN4O. The van der Waals surface area contributed by atoms with Gasteiger partial charge in [-0.2, -0.15) is 4.98 Å². The minimum absolute atomic E-state index is 0.450. The Labute approximate surface area is 143 Å². The molecule has 0 spiro atoms. The van der Waals surface area contributed by atoms with Crippen molar-refractivity contribution in [2.24, 2.45) is 0 Å². The van der Waals surface area contributed by atoms with Gasteiger partial charge in [-0.1, -0.05) is 59.2 Å². The topological polar surface area (TPSA) is 63.8 Å². The van der Waals surface area contributed by atoms with Crippen LogP contribution in [0.3, 0.4) is 0 Å². The Morgan fingerprint density at radius 1 is 0.958 bits per heavy atom. The van der Waals surface area contributed by atoms with Gasteiger partial charge < -0.3 is 9.84 Å². The molecule has 24 heavy (non-hydrogen) atoms. The Hall–Kier alpha value is -2.92. The fourth-order valence-corrected chi connectivity index (χ4v) is 2.63. The lowest BCUT2D eigenvalue weighted by atomic mass is 10.1. The first-order valence-corrected chi connectivity index (χ1v) is 7.83. The van der Waals surface area contributed by atoms with Gasteiger partial charge in [-0.05, 0) is 17.7 Å². The summed E-state index contributed by atoms with van der Waals surface area (Å²) in [4.78, 5) is 8.50. The molecule has 6 heteroatoms. The molecule has 0 aliphatic rings. The zero-order valence-electron chi connectivity index (χ0n) is 12.6. The zero-order chi connectivity index (χ0) is 16.4. The van der Waals surface area contributed by atoms with Crippen molar-refractivity contribution in [3.05, 3.63) is 71.5 Å².